The molecule has 1 saturated heterocycles. The van der Waals surface area contributed by atoms with E-state index in [4.69, 9.17) is 4.98 Å². The van der Waals surface area contributed by atoms with Crippen molar-refractivity contribution in [2.75, 3.05) is 25.0 Å². The summed E-state index contributed by atoms with van der Waals surface area (Å²) in [5.41, 5.74) is 3.09. The van der Waals surface area contributed by atoms with Gasteiger partial charge in [-0.1, -0.05) is 18.2 Å². The maximum atomic E-state index is 13.1. The summed E-state index contributed by atoms with van der Waals surface area (Å²) in [4.78, 5) is 23.4. The molecule has 4 rings (SSSR count). The van der Waals surface area contributed by atoms with Crippen molar-refractivity contribution in [3.63, 3.8) is 0 Å². The summed E-state index contributed by atoms with van der Waals surface area (Å²) in [5.74, 6) is 0.0554. The molecular formula is C22H23FN4OS. The zero-order valence-electron chi connectivity index (χ0n) is 16.1. The Bertz CT molecular complexity index is 946. The molecule has 2 aromatic heterocycles. The van der Waals surface area contributed by atoms with Crippen molar-refractivity contribution in [2.45, 2.75) is 25.2 Å². The van der Waals surface area contributed by atoms with Crippen molar-refractivity contribution < 1.29 is 9.18 Å². The Balaban J connectivity index is 1.37. The van der Waals surface area contributed by atoms with E-state index in [2.05, 4.69) is 21.3 Å². The molecule has 0 radical (unpaired) electrons. The fourth-order valence-corrected chi connectivity index (χ4v) is 4.27. The Hall–Kier alpha value is -2.64. The maximum Gasteiger partial charge on any atom is 0.240 e. The number of hydrogen-bond donors (Lipinski definition) is 1. The fraction of sp³-hybridized carbons (Fsp3) is 0.318. The molecule has 1 N–H and O–H groups in total. The molecule has 0 spiro atoms. The van der Waals surface area contributed by atoms with Gasteiger partial charge in [0.2, 0.25) is 5.91 Å². The first kappa shape index (κ1) is 19.7. The Morgan fingerprint density at radius 1 is 1.24 bits per heavy atom. The van der Waals surface area contributed by atoms with Crippen molar-refractivity contribution >= 4 is 22.4 Å². The molecule has 1 aromatic carbocycles. The second-order valence-electron chi connectivity index (χ2n) is 7.32. The summed E-state index contributed by atoms with van der Waals surface area (Å²) in [6.45, 7) is 2.10. The van der Waals surface area contributed by atoms with Gasteiger partial charge in [-0.15, -0.1) is 11.3 Å². The Kier molecular flexibility index (Phi) is 6.27. The normalized spacial score (nSPS) is 17.2. The van der Waals surface area contributed by atoms with Crippen LogP contribution in [0.5, 0.6) is 0 Å². The Morgan fingerprint density at radius 3 is 2.90 bits per heavy atom. The minimum atomic E-state index is -0.225. The molecule has 0 bridgehead atoms. The summed E-state index contributed by atoms with van der Waals surface area (Å²) in [7, 11) is 0. The second kappa shape index (κ2) is 9.24. The fourth-order valence-electron chi connectivity index (χ4n) is 3.72. The summed E-state index contributed by atoms with van der Waals surface area (Å²) in [6.07, 6.45) is 4.47. The summed E-state index contributed by atoms with van der Waals surface area (Å²) < 4.78 is 13.1. The number of piperidine rings is 1. The minimum absolute atomic E-state index is 0.0291. The van der Waals surface area contributed by atoms with Crippen molar-refractivity contribution in [3.05, 3.63) is 76.8 Å². The zero-order chi connectivity index (χ0) is 20.1. The van der Waals surface area contributed by atoms with Crippen LogP contribution < -0.4 is 5.32 Å². The zero-order valence-corrected chi connectivity index (χ0v) is 16.9. The van der Waals surface area contributed by atoms with E-state index in [0.29, 0.717) is 24.0 Å². The van der Waals surface area contributed by atoms with Gasteiger partial charge in [-0.05, 0) is 49.2 Å². The number of amides is 1. The molecule has 1 atom stereocenters. The van der Waals surface area contributed by atoms with E-state index in [1.165, 1.54) is 23.5 Å². The van der Waals surface area contributed by atoms with Gasteiger partial charge in [-0.2, -0.15) is 0 Å². The third kappa shape index (κ3) is 5.46. The molecule has 1 unspecified atom stereocenters. The number of anilines is 1. The predicted molar refractivity (Wildman–Crippen MR) is 113 cm³/mol. The topological polar surface area (TPSA) is 58.1 Å². The van der Waals surface area contributed by atoms with Crippen LogP contribution in [-0.2, 0) is 11.2 Å². The first-order valence-electron chi connectivity index (χ1n) is 9.78. The molecule has 1 aliphatic heterocycles. The van der Waals surface area contributed by atoms with Crippen LogP contribution in [0.4, 0.5) is 9.52 Å². The lowest BCUT2D eigenvalue weighted by atomic mass is 9.94. The third-order valence-corrected chi connectivity index (χ3v) is 5.79. The Morgan fingerprint density at radius 2 is 2.10 bits per heavy atom. The monoisotopic (exact) mass is 410 g/mol. The number of aromatic nitrogens is 2. The lowest BCUT2D eigenvalue weighted by Crippen LogP contribution is -2.40. The van der Waals surface area contributed by atoms with E-state index in [9.17, 15) is 9.18 Å². The number of carbonyl (C=O) groups excluding carboxylic acids is 1. The molecule has 0 saturated carbocycles. The van der Waals surface area contributed by atoms with E-state index in [1.54, 1.807) is 18.3 Å². The largest absolute Gasteiger partial charge is 0.301 e. The predicted octanol–water partition coefficient (Wildman–Crippen LogP) is 4.09. The molecule has 1 amide bonds. The first-order chi connectivity index (χ1) is 14.2. The van der Waals surface area contributed by atoms with E-state index in [0.717, 1.165) is 42.9 Å². The van der Waals surface area contributed by atoms with Crippen LogP contribution in [0, 0.1) is 5.82 Å². The highest BCUT2D eigenvalue weighted by atomic mass is 32.1. The quantitative estimate of drug-likeness (QED) is 0.665. The number of nitrogens with one attached hydrogen (secondary N) is 1. The number of pyridine rings is 1. The molecule has 150 valence electrons. The highest BCUT2D eigenvalue weighted by Crippen LogP contribution is 2.26. The minimum Gasteiger partial charge on any atom is -0.301 e. The Labute approximate surface area is 173 Å². The van der Waals surface area contributed by atoms with Crippen LogP contribution in [0.3, 0.4) is 0 Å². The SMILES string of the molecule is O=C(CN1CCCC(c2cccc(Cc3ccc(F)cc3)n2)C1)Nc1nccs1. The van der Waals surface area contributed by atoms with Gasteiger partial charge in [0.15, 0.2) is 5.13 Å². The van der Waals surface area contributed by atoms with Gasteiger partial charge in [0.25, 0.3) is 0 Å². The van der Waals surface area contributed by atoms with Crippen LogP contribution in [0.15, 0.2) is 54.0 Å². The van der Waals surface area contributed by atoms with Crippen LogP contribution in [0.25, 0.3) is 0 Å². The molecule has 5 nitrogen and oxygen atoms in total. The van der Waals surface area contributed by atoms with Gasteiger partial charge in [0.1, 0.15) is 5.82 Å². The average molecular weight is 411 g/mol. The molecule has 29 heavy (non-hydrogen) atoms. The summed E-state index contributed by atoms with van der Waals surface area (Å²) in [5, 5.41) is 5.33. The molecular weight excluding hydrogens is 387 g/mol. The third-order valence-electron chi connectivity index (χ3n) is 5.10. The number of likely N-dealkylation sites (tertiary alicyclic amines) is 1. The first-order valence-corrected chi connectivity index (χ1v) is 10.7. The van der Waals surface area contributed by atoms with Crippen molar-refractivity contribution in [1.82, 2.24) is 14.9 Å². The molecule has 3 aromatic rings. The highest BCUT2D eigenvalue weighted by molar-refractivity contribution is 7.13. The van der Waals surface area contributed by atoms with Crippen LogP contribution in [0.1, 0.15) is 35.7 Å². The number of thiazole rings is 1. The van der Waals surface area contributed by atoms with Gasteiger partial charge >= 0.3 is 0 Å². The van der Waals surface area contributed by atoms with Gasteiger partial charge in [0, 0.05) is 41.8 Å². The van der Waals surface area contributed by atoms with Crippen molar-refractivity contribution in [3.8, 4) is 0 Å². The highest BCUT2D eigenvalue weighted by Gasteiger charge is 2.24. The number of hydrogen-bond acceptors (Lipinski definition) is 5. The van der Waals surface area contributed by atoms with Crippen LogP contribution in [0.2, 0.25) is 0 Å². The standard InChI is InChI=1S/C22H23FN4OS/c23-18-8-6-16(7-9-18)13-19-4-1-5-20(25-19)17-3-2-11-27(14-17)15-21(28)26-22-24-10-12-29-22/h1,4-10,12,17H,2-3,11,13-15H2,(H,24,26,28). The lowest BCUT2D eigenvalue weighted by Gasteiger charge is -2.32. The molecule has 0 aliphatic carbocycles. The van der Waals surface area contributed by atoms with Crippen LogP contribution >= 0.6 is 11.3 Å². The number of carbonyl (C=O) groups is 1. The van der Waals surface area contributed by atoms with E-state index >= 15 is 0 Å². The van der Waals surface area contributed by atoms with Crippen molar-refractivity contribution in [1.29, 1.82) is 0 Å². The molecule has 3 heterocycles. The van der Waals surface area contributed by atoms with E-state index < -0.39 is 0 Å². The van der Waals surface area contributed by atoms with Gasteiger partial charge in [-0.3, -0.25) is 14.7 Å². The summed E-state index contributed by atoms with van der Waals surface area (Å²) in [6, 6.07) is 12.7. The smallest absolute Gasteiger partial charge is 0.240 e. The van der Waals surface area contributed by atoms with Gasteiger partial charge < -0.3 is 5.32 Å². The van der Waals surface area contributed by atoms with E-state index in [-0.39, 0.29) is 11.7 Å². The lowest BCUT2D eigenvalue weighted by molar-refractivity contribution is -0.117. The number of halogens is 1. The van der Waals surface area contributed by atoms with Gasteiger partial charge in [0.05, 0.1) is 6.54 Å². The maximum absolute atomic E-state index is 13.1. The number of nitrogens with zero attached hydrogens (tertiary/aromatic N) is 3. The molecule has 1 fully saturated rings. The second-order valence-corrected chi connectivity index (χ2v) is 8.21. The molecule has 7 heteroatoms. The van der Waals surface area contributed by atoms with Crippen LogP contribution in [-0.4, -0.2) is 40.4 Å². The number of rotatable bonds is 6. The number of benzene rings is 1. The average Bonchev–Trinajstić information content (AvgIpc) is 3.23. The molecule has 1 aliphatic rings. The summed E-state index contributed by atoms with van der Waals surface area (Å²) >= 11 is 1.42. The van der Waals surface area contributed by atoms with E-state index in [1.807, 2.05) is 17.5 Å². The van der Waals surface area contributed by atoms with Gasteiger partial charge in [-0.25, -0.2) is 9.37 Å². The van der Waals surface area contributed by atoms with Crippen molar-refractivity contribution in [2.24, 2.45) is 0 Å².